The van der Waals surface area contributed by atoms with Crippen molar-refractivity contribution in [3.8, 4) is 0 Å². The number of amides is 1. The van der Waals surface area contributed by atoms with Gasteiger partial charge in [-0.05, 0) is 36.2 Å². The molecule has 0 aliphatic carbocycles. The van der Waals surface area contributed by atoms with Gasteiger partial charge in [0.2, 0.25) is 5.91 Å². The number of carbonyl (C=O) groups excluding carboxylic acids is 1. The number of nitrogens with zero attached hydrogens (tertiary/aromatic N) is 1. The minimum absolute atomic E-state index is 0. The maximum Gasteiger partial charge on any atom is 0.227 e. The van der Waals surface area contributed by atoms with Crippen molar-refractivity contribution in [1.82, 2.24) is 4.90 Å². The van der Waals surface area contributed by atoms with Crippen LogP contribution in [0.15, 0.2) is 54.6 Å². The first-order chi connectivity index (χ1) is 10.7. The number of carbonyl (C=O) groups is 1. The molecule has 3 nitrogen and oxygen atoms in total. The van der Waals surface area contributed by atoms with Crippen LogP contribution in [0.25, 0.3) is 0 Å². The van der Waals surface area contributed by atoms with Gasteiger partial charge in [-0.15, -0.1) is 12.4 Å². The zero-order chi connectivity index (χ0) is 15.8. The van der Waals surface area contributed by atoms with E-state index < -0.39 is 0 Å². The fourth-order valence-electron chi connectivity index (χ4n) is 2.31. The molecule has 0 bridgehead atoms. The molecule has 0 spiro atoms. The van der Waals surface area contributed by atoms with E-state index in [-0.39, 0.29) is 30.6 Å². The molecule has 2 N–H and O–H groups in total. The summed E-state index contributed by atoms with van der Waals surface area (Å²) in [6.07, 6.45) is 0.955. The second-order valence-corrected chi connectivity index (χ2v) is 5.25. The van der Waals surface area contributed by atoms with Gasteiger partial charge in [0.1, 0.15) is 5.82 Å². The summed E-state index contributed by atoms with van der Waals surface area (Å²) in [7, 11) is 0. The van der Waals surface area contributed by atoms with Crippen LogP contribution in [0.5, 0.6) is 0 Å². The van der Waals surface area contributed by atoms with Gasteiger partial charge < -0.3 is 10.6 Å². The summed E-state index contributed by atoms with van der Waals surface area (Å²) in [4.78, 5) is 14.3. The SMILES string of the molecule is Cl.NCCCN(Cc1ccccc1)C(=O)Cc1cccc(F)c1. The van der Waals surface area contributed by atoms with E-state index in [2.05, 4.69) is 0 Å². The number of nitrogens with two attached hydrogens (primary N) is 1. The molecule has 0 fully saturated rings. The van der Waals surface area contributed by atoms with E-state index in [4.69, 9.17) is 5.73 Å². The van der Waals surface area contributed by atoms with Gasteiger partial charge >= 0.3 is 0 Å². The molecule has 0 saturated heterocycles. The number of rotatable bonds is 7. The lowest BCUT2D eigenvalue weighted by atomic mass is 10.1. The second kappa shape index (κ2) is 9.98. The van der Waals surface area contributed by atoms with Crippen LogP contribution in [0.4, 0.5) is 4.39 Å². The first-order valence-electron chi connectivity index (χ1n) is 7.45. The van der Waals surface area contributed by atoms with Crippen molar-refractivity contribution >= 4 is 18.3 Å². The molecule has 0 aromatic heterocycles. The van der Waals surface area contributed by atoms with Crippen LogP contribution < -0.4 is 5.73 Å². The average Bonchev–Trinajstić information content (AvgIpc) is 2.52. The average molecular weight is 337 g/mol. The Labute approximate surface area is 142 Å². The molecule has 23 heavy (non-hydrogen) atoms. The van der Waals surface area contributed by atoms with Gasteiger partial charge in [-0.1, -0.05) is 42.5 Å². The smallest absolute Gasteiger partial charge is 0.227 e. The third-order valence-corrected chi connectivity index (χ3v) is 3.45. The quantitative estimate of drug-likeness (QED) is 0.844. The Morgan fingerprint density at radius 2 is 1.74 bits per heavy atom. The van der Waals surface area contributed by atoms with Crippen molar-refractivity contribution in [2.24, 2.45) is 5.73 Å². The van der Waals surface area contributed by atoms with Crippen molar-refractivity contribution in [2.45, 2.75) is 19.4 Å². The molecule has 0 saturated carbocycles. The highest BCUT2D eigenvalue weighted by Gasteiger charge is 2.14. The van der Waals surface area contributed by atoms with Crippen LogP contribution in [0.1, 0.15) is 17.5 Å². The van der Waals surface area contributed by atoms with Crippen molar-refractivity contribution in [3.63, 3.8) is 0 Å². The van der Waals surface area contributed by atoms with Gasteiger partial charge in [-0.2, -0.15) is 0 Å². The Kier molecular flexibility index (Phi) is 8.30. The van der Waals surface area contributed by atoms with Gasteiger partial charge in [0, 0.05) is 13.1 Å². The highest BCUT2D eigenvalue weighted by Crippen LogP contribution is 2.10. The summed E-state index contributed by atoms with van der Waals surface area (Å²) in [6, 6.07) is 16.0. The van der Waals surface area contributed by atoms with Gasteiger partial charge in [0.25, 0.3) is 0 Å². The molecule has 2 aromatic carbocycles. The molecule has 2 rings (SSSR count). The topological polar surface area (TPSA) is 46.3 Å². The van der Waals surface area contributed by atoms with Crippen LogP contribution in [-0.2, 0) is 17.8 Å². The van der Waals surface area contributed by atoms with Crippen LogP contribution in [0, 0.1) is 5.82 Å². The Hall–Kier alpha value is -1.91. The van der Waals surface area contributed by atoms with E-state index in [1.807, 2.05) is 30.3 Å². The predicted molar refractivity (Wildman–Crippen MR) is 92.9 cm³/mol. The van der Waals surface area contributed by atoms with Gasteiger partial charge in [-0.25, -0.2) is 4.39 Å². The number of benzene rings is 2. The van der Waals surface area contributed by atoms with Crippen molar-refractivity contribution in [2.75, 3.05) is 13.1 Å². The standard InChI is InChI=1S/C18H21FN2O.ClH/c19-17-9-4-8-16(12-17)13-18(22)21(11-5-10-20)14-15-6-2-1-3-7-15;/h1-4,6-9,12H,5,10-11,13-14,20H2;1H. The van der Waals surface area contributed by atoms with Crippen LogP contribution in [0.3, 0.4) is 0 Å². The van der Waals surface area contributed by atoms with E-state index in [0.29, 0.717) is 25.2 Å². The first kappa shape index (κ1) is 19.1. The monoisotopic (exact) mass is 336 g/mol. The lowest BCUT2D eigenvalue weighted by Gasteiger charge is -2.23. The van der Waals surface area contributed by atoms with Crippen molar-refractivity contribution in [1.29, 1.82) is 0 Å². The number of hydrogen-bond donors (Lipinski definition) is 1. The molecule has 2 aromatic rings. The fraction of sp³-hybridized carbons (Fsp3) is 0.278. The third kappa shape index (κ3) is 6.38. The molecule has 0 heterocycles. The molecule has 124 valence electrons. The number of hydrogen-bond acceptors (Lipinski definition) is 2. The summed E-state index contributed by atoms with van der Waals surface area (Å²) in [5, 5.41) is 0. The van der Waals surface area contributed by atoms with E-state index >= 15 is 0 Å². The van der Waals surface area contributed by atoms with E-state index in [1.165, 1.54) is 12.1 Å². The first-order valence-corrected chi connectivity index (χ1v) is 7.45. The molecular weight excluding hydrogens is 315 g/mol. The van der Waals surface area contributed by atoms with E-state index in [0.717, 1.165) is 12.0 Å². The third-order valence-electron chi connectivity index (χ3n) is 3.45. The maximum absolute atomic E-state index is 13.2. The Bertz CT molecular complexity index is 607. The minimum Gasteiger partial charge on any atom is -0.338 e. The second-order valence-electron chi connectivity index (χ2n) is 5.25. The summed E-state index contributed by atoms with van der Waals surface area (Å²) in [5.41, 5.74) is 7.32. The molecule has 0 aliphatic rings. The summed E-state index contributed by atoms with van der Waals surface area (Å²) < 4.78 is 13.2. The van der Waals surface area contributed by atoms with Crippen LogP contribution in [0.2, 0.25) is 0 Å². The number of halogens is 2. The fourth-order valence-corrected chi connectivity index (χ4v) is 2.31. The maximum atomic E-state index is 13.2. The highest BCUT2D eigenvalue weighted by atomic mass is 35.5. The van der Waals surface area contributed by atoms with E-state index in [1.54, 1.807) is 17.0 Å². The Balaban J connectivity index is 0.00000264. The Morgan fingerprint density at radius 3 is 2.39 bits per heavy atom. The highest BCUT2D eigenvalue weighted by molar-refractivity contribution is 5.85. The van der Waals surface area contributed by atoms with Gasteiger partial charge in [0.15, 0.2) is 0 Å². The normalized spacial score (nSPS) is 10.0. The lowest BCUT2D eigenvalue weighted by Crippen LogP contribution is -2.33. The summed E-state index contributed by atoms with van der Waals surface area (Å²) in [5.74, 6) is -0.329. The molecule has 0 aliphatic heterocycles. The Morgan fingerprint density at radius 1 is 1.04 bits per heavy atom. The van der Waals surface area contributed by atoms with Gasteiger partial charge in [-0.3, -0.25) is 4.79 Å². The van der Waals surface area contributed by atoms with Gasteiger partial charge in [0.05, 0.1) is 6.42 Å². The summed E-state index contributed by atoms with van der Waals surface area (Å²) in [6.45, 7) is 1.70. The molecule has 0 radical (unpaired) electrons. The molecule has 0 atom stereocenters. The van der Waals surface area contributed by atoms with Crippen LogP contribution >= 0.6 is 12.4 Å². The largest absolute Gasteiger partial charge is 0.338 e. The van der Waals surface area contributed by atoms with Crippen molar-refractivity contribution in [3.05, 3.63) is 71.5 Å². The molecule has 1 amide bonds. The predicted octanol–water partition coefficient (Wildman–Crippen LogP) is 3.17. The zero-order valence-corrected chi connectivity index (χ0v) is 13.8. The molecular formula is C18H22ClFN2O. The molecule has 5 heteroatoms. The minimum atomic E-state index is -0.318. The summed E-state index contributed by atoms with van der Waals surface area (Å²) >= 11 is 0. The molecule has 0 unspecified atom stereocenters. The van der Waals surface area contributed by atoms with Crippen molar-refractivity contribution < 1.29 is 9.18 Å². The zero-order valence-electron chi connectivity index (χ0n) is 13.0. The van der Waals surface area contributed by atoms with E-state index in [9.17, 15) is 9.18 Å². The van der Waals surface area contributed by atoms with Crippen LogP contribution in [-0.4, -0.2) is 23.9 Å². The lowest BCUT2D eigenvalue weighted by molar-refractivity contribution is -0.131.